The number of nitrogens with one attached hydrogen (secondary N) is 1. The normalized spacial score (nSPS) is 22.0. The standard InChI is InChI=1S/C29H30N4O2/c34-21-27-28(24-14-12-22(13-15-24)10-11-23-7-6-16-30-19-23)26-20-32(17-4-5-18-33(26)27)29(35)31-25-8-2-1-3-9-25/h1-3,6-9,12-16,19,26-28,34H,4-5,17-18,20-21H2,(H,31,35)/t26-,27+,28+/m1/s1. The van der Waals surface area contributed by atoms with Crippen LogP contribution in [0.25, 0.3) is 0 Å². The third kappa shape index (κ3) is 5.22. The molecular formula is C29H30N4O2. The van der Waals surface area contributed by atoms with E-state index in [1.54, 1.807) is 12.4 Å². The number of hydrogen-bond acceptors (Lipinski definition) is 4. The Kier molecular flexibility index (Phi) is 7.08. The van der Waals surface area contributed by atoms with Crippen molar-refractivity contribution in [2.75, 3.05) is 31.6 Å². The van der Waals surface area contributed by atoms with E-state index in [1.807, 2.05) is 59.5 Å². The van der Waals surface area contributed by atoms with Crippen LogP contribution in [0.5, 0.6) is 0 Å². The fourth-order valence-electron chi connectivity index (χ4n) is 5.22. The number of urea groups is 1. The van der Waals surface area contributed by atoms with E-state index in [4.69, 9.17) is 0 Å². The number of nitrogens with zero attached hydrogens (tertiary/aromatic N) is 3. The van der Waals surface area contributed by atoms with E-state index in [-0.39, 0.29) is 30.6 Å². The predicted octanol–water partition coefficient (Wildman–Crippen LogP) is 3.94. The maximum atomic E-state index is 13.1. The number of anilines is 1. The summed E-state index contributed by atoms with van der Waals surface area (Å²) in [4.78, 5) is 21.5. The first-order valence-corrected chi connectivity index (χ1v) is 12.2. The number of aliphatic hydroxyl groups excluding tert-OH is 1. The Morgan fingerprint density at radius 3 is 2.49 bits per heavy atom. The van der Waals surface area contributed by atoms with Gasteiger partial charge < -0.3 is 15.3 Å². The average Bonchev–Trinajstić information content (AvgIpc) is 2.88. The molecule has 2 aliphatic heterocycles. The average molecular weight is 467 g/mol. The SMILES string of the molecule is O=C(Nc1ccccc1)N1CCCCN2[C@H](C1)[C@H](c1ccc(C#Cc3cccnc3)cc1)[C@@H]2CO. The van der Waals surface area contributed by atoms with E-state index in [9.17, 15) is 9.90 Å². The lowest BCUT2D eigenvalue weighted by molar-refractivity contribution is -0.0585. The number of aliphatic hydroxyl groups is 1. The Bertz CT molecular complexity index is 1190. The van der Waals surface area contributed by atoms with Gasteiger partial charge in [0.05, 0.1) is 6.61 Å². The van der Waals surface area contributed by atoms with Crippen molar-refractivity contribution in [2.24, 2.45) is 0 Å². The number of pyridine rings is 1. The van der Waals surface area contributed by atoms with Crippen molar-refractivity contribution in [1.29, 1.82) is 0 Å². The zero-order chi connectivity index (χ0) is 24.0. The van der Waals surface area contributed by atoms with Gasteiger partial charge in [-0.2, -0.15) is 0 Å². The summed E-state index contributed by atoms with van der Waals surface area (Å²) in [7, 11) is 0. The molecule has 3 atom stereocenters. The molecule has 3 aromatic rings. The van der Waals surface area contributed by atoms with Gasteiger partial charge in [0, 0.05) is 60.3 Å². The molecule has 2 aliphatic rings. The van der Waals surface area contributed by atoms with Gasteiger partial charge in [-0.25, -0.2) is 4.79 Å². The minimum absolute atomic E-state index is 0.0646. The summed E-state index contributed by atoms with van der Waals surface area (Å²) >= 11 is 0. The molecule has 0 unspecified atom stereocenters. The van der Waals surface area contributed by atoms with Crippen LogP contribution in [0.2, 0.25) is 0 Å². The highest BCUT2D eigenvalue weighted by atomic mass is 16.3. The van der Waals surface area contributed by atoms with E-state index in [0.717, 1.165) is 42.7 Å². The molecule has 6 heteroatoms. The molecule has 2 amide bonds. The molecule has 1 aromatic heterocycles. The van der Waals surface area contributed by atoms with Crippen LogP contribution in [0, 0.1) is 11.8 Å². The Labute approximate surface area is 206 Å². The molecule has 0 bridgehead atoms. The fourth-order valence-corrected chi connectivity index (χ4v) is 5.22. The van der Waals surface area contributed by atoms with Gasteiger partial charge in [0.2, 0.25) is 0 Å². The lowest BCUT2D eigenvalue weighted by Crippen LogP contribution is -2.68. The molecular weight excluding hydrogens is 436 g/mol. The molecule has 2 aromatic carbocycles. The summed E-state index contributed by atoms with van der Waals surface area (Å²) in [6.45, 7) is 2.44. The van der Waals surface area contributed by atoms with E-state index >= 15 is 0 Å². The zero-order valence-electron chi connectivity index (χ0n) is 19.7. The molecule has 0 saturated carbocycles. The molecule has 2 N–H and O–H groups in total. The quantitative estimate of drug-likeness (QED) is 0.574. The largest absolute Gasteiger partial charge is 0.395 e. The maximum absolute atomic E-state index is 13.1. The van der Waals surface area contributed by atoms with Crippen molar-refractivity contribution in [1.82, 2.24) is 14.8 Å². The Hall–Kier alpha value is -3.66. The number of carbonyl (C=O) groups excluding carboxylic acids is 1. The van der Waals surface area contributed by atoms with E-state index in [1.165, 1.54) is 5.56 Å². The third-order valence-corrected chi connectivity index (χ3v) is 6.99. The van der Waals surface area contributed by atoms with Gasteiger partial charge in [0.25, 0.3) is 0 Å². The van der Waals surface area contributed by atoms with Gasteiger partial charge in [0.15, 0.2) is 0 Å². The van der Waals surface area contributed by atoms with Crippen LogP contribution in [0.15, 0.2) is 79.1 Å². The molecule has 6 nitrogen and oxygen atoms in total. The summed E-state index contributed by atoms with van der Waals surface area (Å²) in [6, 6.07) is 21.9. The van der Waals surface area contributed by atoms with E-state index in [2.05, 4.69) is 39.2 Å². The molecule has 0 radical (unpaired) electrons. The number of carbonyl (C=O) groups is 1. The molecule has 3 heterocycles. The van der Waals surface area contributed by atoms with Gasteiger partial charge in [-0.05, 0) is 61.3 Å². The molecule has 0 aliphatic carbocycles. The first-order valence-electron chi connectivity index (χ1n) is 12.2. The van der Waals surface area contributed by atoms with Crippen LogP contribution in [0.3, 0.4) is 0 Å². The number of rotatable bonds is 3. The zero-order valence-corrected chi connectivity index (χ0v) is 19.7. The van der Waals surface area contributed by atoms with Crippen LogP contribution in [-0.2, 0) is 0 Å². The van der Waals surface area contributed by atoms with Crippen LogP contribution in [0.1, 0.15) is 35.4 Å². The minimum atomic E-state index is -0.0646. The Balaban J connectivity index is 1.32. The smallest absolute Gasteiger partial charge is 0.321 e. The lowest BCUT2D eigenvalue weighted by Gasteiger charge is -2.57. The number of amides is 2. The highest BCUT2D eigenvalue weighted by molar-refractivity contribution is 5.89. The molecule has 35 heavy (non-hydrogen) atoms. The molecule has 2 fully saturated rings. The summed E-state index contributed by atoms with van der Waals surface area (Å²) in [5, 5.41) is 13.2. The van der Waals surface area contributed by atoms with Crippen LogP contribution in [0.4, 0.5) is 10.5 Å². The van der Waals surface area contributed by atoms with Gasteiger partial charge in [-0.15, -0.1) is 0 Å². The van der Waals surface area contributed by atoms with Gasteiger partial charge in [-0.1, -0.05) is 42.2 Å². The second kappa shape index (κ2) is 10.7. The van der Waals surface area contributed by atoms with Crippen LogP contribution in [-0.4, -0.2) is 64.2 Å². The van der Waals surface area contributed by atoms with Crippen molar-refractivity contribution < 1.29 is 9.90 Å². The molecule has 2 saturated heterocycles. The van der Waals surface area contributed by atoms with Gasteiger partial charge in [0.1, 0.15) is 0 Å². The van der Waals surface area contributed by atoms with Crippen LogP contribution >= 0.6 is 0 Å². The first-order chi connectivity index (χ1) is 17.2. The van der Waals surface area contributed by atoms with E-state index in [0.29, 0.717) is 6.54 Å². The Morgan fingerprint density at radius 2 is 1.74 bits per heavy atom. The lowest BCUT2D eigenvalue weighted by atomic mass is 9.74. The van der Waals surface area contributed by atoms with Crippen molar-refractivity contribution in [3.63, 3.8) is 0 Å². The number of benzene rings is 2. The fraction of sp³-hybridized carbons (Fsp3) is 0.310. The summed E-state index contributed by atoms with van der Waals surface area (Å²) in [5.41, 5.74) is 3.81. The van der Waals surface area contributed by atoms with Crippen molar-refractivity contribution in [2.45, 2.75) is 30.8 Å². The van der Waals surface area contributed by atoms with Crippen LogP contribution < -0.4 is 5.32 Å². The Morgan fingerprint density at radius 1 is 0.971 bits per heavy atom. The first kappa shape index (κ1) is 23.1. The van der Waals surface area contributed by atoms with Crippen molar-refractivity contribution in [3.8, 4) is 11.8 Å². The second-order valence-corrected chi connectivity index (χ2v) is 9.14. The number of aromatic nitrogens is 1. The minimum Gasteiger partial charge on any atom is -0.395 e. The van der Waals surface area contributed by atoms with Crippen molar-refractivity contribution >= 4 is 11.7 Å². The second-order valence-electron chi connectivity index (χ2n) is 9.14. The number of para-hydroxylation sites is 1. The van der Waals surface area contributed by atoms with Gasteiger partial charge >= 0.3 is 6.03 Å². The predicted molar refractivity (Wildman–Crippen MR) is 137 cm³/mol. The summed E-state index contributed by atoms with van der Waals surface area (Å²) in [6.07, 6.45) is 5.46. The van der Waals surface area contributed by atoms with Crippen molar-refractivity contribution in [3.05, 3.63) is 95.8 Å². The molecule has 5 rings (SSSR count). The van der Waals surface area contributed by atoms with Gasteiger partial charge in [-0.3, -0.25) is 9.88 Å². The highest BCUT2D eigenvalue weighted by Gasteiger charge is 2.49. The highest BCUT2D eigenvalue weighted by Crippen LogP contribution is 2.42. The summed E-state index contributed by atoms with van der Waals surface area (Å²) < 4.78 is 0. The summed E-state index contributed by atoms with van der Waals surface area (Å²) in [5.74, 6) is 6.51. The monoisotopic (exact) mass is 466 g/mol. The molecule has 178 valence electrons. The van der Waals surface area contributed by atoms with E-state index < -0.39 is 0 Å². The number of fused-ring (bicyclic) bond motifs is 1. The topological polar surface area (TPSA) is 68.7 Å². The molecule has 0 spiro atoms. The number of hydrogen-bond donors (Lipinski definition) is 2. The maximum Gasteiger partial charge on any atom is 0.321 e. The third-order valence-electron chi connectivity index (χ3n) is 6.99.